The van der Waals surface area contributed by atoms with Crippen molar-refractivity contribution >= 4 is 11.8 Å². The fourth-order valence-electron chi connectivity index (χ4n) is 6.55. The Morgan fingerprint density at radius 3 is 2.37 bits per heavy atom. The molecule has 0 amide bonds. The van der Waals surface area contributed by atoms with Gasteiger partial charge in [0.1, 0.15) is 5.56 Å². The van der Waals surface area contributed by atoms with Gasteiger partial charge in [-0.25, -0.2) is 14.5 Å². The molecule has 2 aromatic heterocycles. The van der Waals surface area contributed by atoms with Gasteiger partial charge in [-0.1, -0.05) is 19.9 Å². The number of carbonyl (C=O) groups is 2. The van der Waals surface area contributed by atoms with Crippen molar-refractivity contribution < 1.29 is 14.3 Å². The second-order valence-corrected chi connectivity index (χ2v) is 9.90. The number of Topliss-reactive ketones (excluding diaryl/α,β-unsaturated/α-hetero) is 1. The van der Waals surface area contributed by atoms with Crippen LogP contribution in [0.1, 0.15) is 74.3 Å². The molecule has 0 unspecified atom stereocenters. The first-order valence-electron chi connectivity index (χ1n) is 11.1. The lowest BCUT2D eigenvalue weighted by atomic mass is 9.48. The van der Waals surface area contributed by atoms with Crippen LogP contribution in [0, 0.1) is 23.2 Å². The first-order valence-corrected chi connectivity index (χ1v) is 11.1. The van der Waals surface area contributed by atoms with Crippen LogP contribution in [0.5, 0.6) is 0 Å². The number of ether oxygens (including phenoxy) is 1. The topological polar surface area (TPSA) is 74.1 Å². The van der Waals surface area contributed by atoms with Gasteiger partial charge >= 0.3 is 5.97 Å². The van der Waals surface area contributed by atoms with E-state index in [1.54, 1.807) is 10.9 Å². The zero-order valence-corrected chi connectivity index (χ0v) is 17.7. The maximum Gasteiger partial charge on any atom is 0.342 e. The summed E-state index contributed by atoms with van der Waals surface area (Å²) in [6, 6.07) is 5.58. The van der Waals surface area contributed by atoms with Crippen LogP contribution in [0.25, 0.3) is 5.82 Å². The molecule has 4 fully saturated rings. The predicted octanol–water partition coefficient (Wildman–Crippen LogP) is 4.33. The number of hydrogen-bond acceptors (Lipinski definition) is 5. The summed E-state index contributed by atoms with van der Waals surface area (Å²) in [4.78, 5) is 30.4. The van der Waals surface area contributed by atoms with Gasteiger partial charge in [0.15, 0.2) is 18.2 Å². The predicted molar refractivity (Wildman–Crippen MR) is 111 cm³/mol. The minimum absolute atomic E-state index is 0.0518. The highest BCUT2D eigenvalue weighted by molar-refractivity contribution is 5.94. The molecule has 0 atom stereocenters. The lowest BCUT2D eigenvalue weighted by Gasteiger charge is -2.55. The van der Waals surface area contributed by atoms with Crippen molar-refractivity contribution in [2.24, 2.45) is 23.2 Å². The quantitative estimate of drug-likeness (QED) is 0.666. The van der Waals surface area contributed by atoms with Gasteiger partial charge in [-0.3, -0.25) is 4.79 Å². The number of pyridine rings is 1. The third-order valence-electron chi connectivity index (χ3n) is 7.40. The molecule has 4 bridgehead atoms. The molecule has 0 aliphatic heterocycles. The van der Waals surface area contributed by atoms with Crippen molar-refractivity contribution in [2.75, 3.05) is 6.61 Å². The lowest BCUT2D eigenvalue weighted by molar-refractivity contribution is -0.147. The Balaban J connectivity index is 1.32. The molecule has 0 aromatic carbocycles. The average molecular weight is 408 g/mol. The molecule has 6 nitrogen and oxygen atoms in total. The number of hydrogen-bond donors (Lipinski definition) is 0. The molecule has 4 aliphatic rings. The third-order valence-corrected chi connectivity index (χ3v) is 7.40. The SMILES string of the molecule is CC(C)c1c(C(=O)OCC(=O)C23CC4CC(CC(C4)C2)C3)cnn1-c1ccccn1. The molecule has 0 saturated heterocycles. The van der Waals surface area contributed by atoms with E-state index >= 15 is 0 Å². The lowest BCUT2D eigenvalue weighted by Crippen LogP contribution is -2.51. The standard InChI is InChI=1S/C24H29N3O3/c1-15(2)22-19(13-26-27(22)21-5-3-4-6-25-21)23(29)30-14-20(28)24-10-16-7-17(11-24)9-18(8-16)12-24/h3-6,13,15-18H,7-12,14H2,1-2H3. The molecule has 2 heterocycles. The van der Waals surface area contributed by atoms with Gasteiger partial charge in [-0.05, 0) is 74.3 Å². The number of esters is 1. The van der Waals surface area contributed by atoms with Gasteiger partial charge < -0.3 is 4.74 Å². The second-order valence-electron chi connectivity index (χ2n) is 9.90. The van der Waals surface area contributed by atoms with Crippen molar-refractivity contribution in [1.29, 1.82) is 0 Å². The van der Waals surface area contributed by atoms with E-state index < -0.39 is 5.97 Å². The van der Waals surface area contributed by atoms with Crippen molar-refractivity contribution in [1.82, 2.24) is 14.8 Å². The molecule has 6 rings (SSSR count). The van der Waals surface area contributed by atoms with Gasteiger partial charge in [0.25, 0.3) is 0 Å². The van der Waals surface area contributed by atoms with Gasteiger partial charge in [-0.2, -0.15) is 5.10 Å². The highest BCUT2D eigenvalue weighted by atomic mass is 16.5. The van der Waals surface area contributed by atoms with Crippen LogP contribution in [0.3, 0.4) is 0 Å². The van der Waals surface area contributed by atoms with E-state index in [9.17, 15) is 9.59 Å². The van der Waals surface area contributed by atoms with E-state index in [1.165, 1.54) is 25.5 Å². The summed E-state index contributed by atoms with van der Waals surface area (Å²) in [7, 11) is 0. The number of nitrogens with zero attached hydrogens (tertiary/aromatic N) is 3. The molecule has 4 aliphatic carbocycles. The Hall–Kier alpha value is -2.50. The summed E-state index contributed by atoms with van der Waals surface area (Å²) in [6.07, 6.45) is 10.1. The monoisotopic (exact) mass is 407 g/mol. The average Bonchev–Trinajstić information content (AvgIpc) is 3.17. The molecular weight excluding hydrogens is 378 g/mol. The Labute approximate surface area is 177 Å². The Kier molecular flexibility index (Phi) is 4.75. The first-order chi connectivity index (χ1) is 14.4. The first kappa shape index (κ1) is 19.5. The minimum atomic E-state index is -0.473. The maximum atomic E-state index is 13.2. The Morgan fingerprint density at radius 2 is 1.80 bits per heavy atom. The van der Waals surface area contributed by atoms with E-state index in [4.69, 9.17) is 4.74 Å². The number of aromatic nitrogens is 3. The molecule has 4 saturated carbocycles. The van der Waals surface area contributed by atoms with Crippen molar-refractivity contribution in [3.05, 3.63) is 41.9 Å². The molecule has 0 radical (unpaired) electrons. The fourth-order valence-corrected chi connectivity index (χ4v) is 6.55. The summed E-state index contributed by atoms with van der Waals surface area (Å²) in [5.74, 6) is 2.44. The zero-order chi connectivity index (χ0) is 20.9. The fraction of sp³-hybridized carbons (Fsp3) is 0.583. The van der Waals surface area contributed by atoms with Gasteiger partial charge in [0.05, 0.1) is 11.9 Å². The van der Waals surface area contributed by atoms with E-state index in [0.717, 1.165) is 25.0 Å². The van der Waals surface area contributed by atoms with Gasteiger partial charge in [-0.15, -0.1) is 0 Å². The molecule has 0 spiro atoms. The molecule has 30 heavy (non-hydrogen) atoms. The highest BCUT2D eigenvalue weighted by Gasteiger charge is 2.54. The molecule has 0 N–H and O–H groups in total. The van der Waals surface area contributed by atoms with E-state index in [2.05, 4.69) is 10.1 Å². The molecule has 2 aromatic rings. The van der Waals surface area contributed by atoms with E-state index in [1.807, 2.05) is 32.0 Å². The van der Waals surface area contributed by atoms with Crippen LogP contribution in [0.15, 0.2) is 30.6 Å². The Morgan fingerprint density at radius 1 is 1.13 bits per heavy atom. The summed E-state index contributed by atoms with van der Waals surface area (Å²) in [6.45, 7) is 3.89. The van der Waals surface area contributed by atoms with Crippen molar-refractivity contribution in [2.45, 2.75) is 58.3 Å². The van der Waals surface area contributed by atoms with Crippen LogP contribution in [-0.2, 0) is 9.53 Å². The van der Waals surface area contributed by atoms with Crippen LogP contribution < -0.4 is 0 Å². The van der Waals surface area contributed by atoms with Crippen molar-refractivity contribution in [3.63, 3.8) is 0 Å². The Bertz CT molecular complexity index is 928. The molecule has 6 heteroatoms. The molecular formula is C24H29N3O3. The molecule has 158 valence electrons. The van der Waals surface area contributed by atoms with E-state index in [-0.39, 0.29) is 23.7 Å². The third kappa shape index (κ3) is 3.26. The highest BCUT2D eigenvalue weighted by Crippen LogP contribution is 2.60. The van der Waals surface area contributed by atoms with E-state index in [0.29, 0.717) is 29.1 Å². The number of rotatable bonds is 6. The largest absolute Gasteiger partial charge is 0.454 e. The van der Waals surface area contributed by atoms with Gasteiger partial charge in [0.2, 0.25) is 0 Å². The second kappa shape index (κ2) is 7.33. The summed E-state index contributed by atoms with van der Waals surface area (Å²) in [5, 5.41) is 4.38. The number of ketones is 1. The smallest absolute Gasteiger partial charge is 0.342 e. The summed E-state index contributed by atoms with van der Waals surface area (Å²) >= 11 is 0. The maximum absolute atomic E-state index is 13.2. The summed E-state index contributed by atoms with van der Waals surface area (Å²) in [5.41, 5.74) is 0.920. The van der Waals surface area contributed by atoms with Crippen LogP contribution in [0.4, 0.5) is 0 Å². The zero-order valence-electron chi connectivity index (χ0n) is 17.7. The number of carbonyl (C=O) groups excluding carboxylic acids is 2. The normalized spacial score (nSPS) is 29.4. The van der Waals surface area contributed by atoms with Crippen LogP contribution in [0.2, 0.25) is 0 Å². The van der Waals surface area contributed by atoms with Crippen LogP contribution in [-0.4, -0.2) is 33.1 Å². The van der Waals surface area contributed by atoms with Gasteiger partial charge in [0, 0.05) is 11.6 Å². The van der Waals surface area contributed by atoms with Crippen molar-refractivity contribution in [3.8, 4) is 5.82 Å². The summed E-state index contributed by atoms with van der Waals surface area (Å²) < 4.78 is 7.24. The van der Waals surface area contributed by atoms with Crippen LogP contribution >= 0.6 is 0 Å². The minimum Gasteiger partial charge on any atom is -0.454 e.